The third-order valence-electron chi connectivity index (χ3n) is 16.7. The minimum absolute atomic E-state index is 0.00763. The molecule has 0 heterocycles. The summed E-state index contributed by atoms with van der Waals surface area (Å²) in [5, 5.41) is 10.7. The van der Waals surface area contributed by atoms with Crippen molar-refractivity contribution >= 4 is 39.5 Å². The van der Waals surface area contributed by atoms with Crippen LogP contribution in [0.3, 0.4) is 0 Å². The normalized spacial score (nSPS) is 14.7. The zero-order valence-electron chi connectivity index (χ0n) is 67.2. The summed E-state index contributed by atoms with van der Waals surface area (Å²) in [4.78, 5) is 73.2. The van der Waals surface area contributed by atoms with Crippen LogP contribution in [0.5, 0.6) is 0 Å². The second kappa shape index (κ2) is 79.5. The van der Waals surface area contributed by atoms with Crippen molar-refractivity contribution in [1.82, 2.24) is 0 Å². The van der Waals surface area contributed by atoms with Gasteiger partial charge in [0.25, 0.3) is 0 Å². The van der Waals surface area contributed by atoms with Gasteiger partial charge in [-0.15, -0.1) is 0 Å². The monoisotopic (exact) mass is 1550 g/mol. The molecule has 0 radical (unpaired) electrons. The molecule has 108 heavy (non-hydrogen) atoms. The van der Waals surface area contributed by atoms with Crippen LogP contribution in [0, 0.1) is 0 Å². The molecule has 0 saturated heterocycles. The molecule has 5 unspecified atom stereocenters. The van der Waals surface area contributed by atoms with Gasteiger partial charge < -0.3 is 33.8 Å². The van der Waals surface area contributed by atoms with E-state index in [1.165, 1.54) is 19.3 Å². The highest BCUT2D eigenvalue weighted by atomic mass is 31.2. The lowest BCUT2D eigenvalue weighted by Gasteiger charge is -2.21. The molecule has 0 aliphatic rings. The largest absolute Gasteiger partial charge is 0.472 e. The topological polar surface area (TPSA) is 237 Å². The molecule has 0 fully saturated rings. The van der Waals surface area contributed by atoms with Gasteiger partial charge in [-0.25, -0.2) is 9.13 Å². The number of unbranched alkanes of at least 4 members (excludes halogenated alkanes) is 22. The lowest BCUT2D eigenvalue weighted by atomic mass is 10.1. The Morgan fingerprint density at radius 2 is 0.491 bits per heavy atom. The fraction of sp³-hybridized carbons (Fsp3) is 0.640. The van der Waals surface area contributed by atoms with Crippen LogP contribution in [-0.4, -0.2) is 96.7 Å². The van der Waals surface area contributed by atoms with Gasteiger partial charge in [0.15, 0.2) is 12.2 Å². The van der Waals surface area contributed by atoms with E-state index in [1.807, 2.05) is 12.2 Å². The van der Waals surface area contributed by atoms with Crippen LogP contribution in [-0.2, 0) is 65.4 Å². The van der Waals surface area contributed by atoms with Crippen molar-refractivity contribution in [3.05, 3.63) is 170 Å². The molecule has 614 valence electrons. The SMILES string of the molecule is CC/C=C\C/C=C\C/C=C\C/C=C\C/C=C\CCCC(=O)OC(COC(=O)CCCCCCCC/C=C\C/C=C\C/C=C\CCCCC)COP(=O)(O)OCC(O)COP(=O)(O)OCC(COC(=O)CCCCCCCCC/C=C\C/C=C\C/C=C\CC)OC(=O)CCCCCCC/C=C\C/C=C\C/C=C\CC. The third kappa shape index (κ3) is 78.5. The molecule has 0 aliphatic heterocycles. The van der Waals surface area contributed by atoms with E-state index < -0.39 is 97.5 Å². The van der Waals surface area contributed by atoms with Crippen molar-refractivity contribution in [2.75, 3.05) is 39.6 Å². The molecule has 0 aromatic carbocycles. The van der Waals surface area contributed by atoms with E-state index in [-0.39, 0.29) is 25.7 Å². The predicted molar refractivity (Wildman–Crippen MR) is 445 cm³/mol. The van der Waals surface area contributed by atoms with Gasteiger partial charge in [-0.2, -0.15) is 0 Å². The van der Waals surface area contributed by atoms with E-state index in [1.54, 1.807) is 0 Å². The number of aliphatic hydroxyl groups excluding tert-OH is 1. The fourth-order valence-corrected chi connectivity index (χ4v) is 12.0. The first-order valence-electron chi connectivity index (χ1n) is 41.4. The smallest absolute Gasteiger partial charge is 0.462 e. The first-order valence-corrected chi connectivity index (χ1v) is 44.4. The summed E-state index contributed by atoms with van der Waals surface area (Å²) in [5.74, 6) is -2.29. The Labute approximate surface area is 654 Å². The summed E-state index contributed by atoms with van der Waals surface area (Å²) in [6.45, 7) is 4.41. The van der Waals surface area contributed by atoms with Crippen molar-refractivity contribution < 1.29 is 80.2 Å². The number of esters is 4. The zero-order chi connectivity index (χ0) is 78.9. The fourth-order valence-electron chi connectivity index (χ4n) is 10.5. The number of carbonyl (C=O) groups excluding carboxylic acids is 4. The van der Waals surface area contributed by atoms with Gasteiger partial charge in [0, 0.05) is 25.7 Å². The highest BCUT2D eigenvalue weighted by molar-refractivity contribution is 7.47. The van der Waals surface area contributed by atoms with Crippen LogP contribution in [0.15, 0.2) is 170 Å². The summed E-state index contributed by atoms with van der Waals surface area (Å²) < 4.78 is 68.7. The number of hydrogen-bond acceptors (Lipinski definition) is 15. The van der Waals surface area contributed by atoms with Gasteiger partial charge in [-0.1, -0.05) is 288 Å². The molecule has 0 aromatic heterocycles. The van der Waals surface area contributed by atoms with Crippen molar-refractivity contribution in [2.24, 2.45) is 0 Å². The van der Waals surface area contributed by atoms with E-state index in [0.717, 1.165) is 205 Å². The van der Waals surface area contributed by atoms with Crippen LogP contribution in [0.2, 0.25) is 0 Å². The quantitative estimate of drug-likeness (QED) is 0.0169. The molecule has 5 atom stereocenters. The van der Waals surface area contributed by atoms with Gasteiger partial charge in [0.2, 0.25) is 0 Å². The van der Waals surface area contributed by atoms with Gasteiger partial charge in [0.1, 0.15) is 19.3 Å². The second-order valence-electron chi connectivity index (χ2n) is 26.9. The van der Waals surface area contributed by atoms with Crippen molar-refractivity contribution in [3.63, 3.8) is 0 Å². The molecule has 0 aromatic rings. The van der Waals surface area contributed by atoms with Crippen LogP contribution < -0.4 is 0 Å². The maximum atomic E-state index is 13.1. The number of allylic oxidation sites excluding steroid dienone is 28. The Kier molecular flexibility index (Phi) is 75.4. The van der Waals surface area contributed by atoms with Crippen LogP contribution in [0.25, 0.3) is 0 Å². The highest BCUT2D eigenvalue weighted by Crippen LogP contribution is 2.45. The molecule has 0 bridgehead atoms. The Bertz CT molecular complexity index is 2710. The maximum Gasteiger partial charge on any atom is 0.472 e. The summed E-state index contributed by atoms with van der Waals surface area (Å²) in [6, 6.07) is 0. The second-order valence-corrected chi connectivity index (χ2v) is 29.8. The van der Waals surface area contributed by atoms with Crippen molar-refractivity contribution in [2.45, 2.75) is 329 Å². The van der Waals surface area contributed by atoms with Crippen LogP contribution >= 0.6 is 15.6 Å². The van der Waals surface area contributed by atoms with Gasteiger partial charge in [-0.3, -0.25) is 37.3 Å². The molecular weight excluding hydrogens is 1400 g/mol. The predicted octanol–water partition coefficient (Wildman–Crippen LogP) is 24.6. The number of rotatable bonds is 76. The number of aliphatic hydroxyl groups is 1. The van der Waals surface area contributed by atoms with Gasteiger partial charge in [0.05, 0.1) is 26.4 Å². The summed E-state index contributed by atoms with van der Waals surface area (Å²) in [5.41, 5.74) is 0. The van der Waals surface area contributed by atoms with E-state index in [9.17, 15) is 43.2 Å². The standard InChI is InChI=1S/C89H146O17P2/c1-5-9-13-17-21-25-29-33-37-40-41-44-47-50-54-58-62-66-70-74-87(92)100-80-85(106-89(94)76-72-68-64-60-56-52-48-43-39-35-31-27-23-19-15-11-7-3)82-104-108(97,98)102-78-83(90)77-101-107(95,96)103-81-84(105-88(93)75-71-67-63-59-55-51-45-36-32-28-24-20-16-12-8-4)79-99-86(91)73-69-65-61-57-53-49-46-42-38-34-30-26-22-18-14-10-6-2/h10-12,14-16,21-28,33-39,41,44-45,48,52,60,64,83-85,90H,5-9,13,17-20,29-32,40,42-43,46-47,49-51,53-59,61-63,65-82H2,1-4H3,(H,95,96)(H,97,98)/b14-10-,15-11-,16-12-,25-21-,26-22-,27-23-,28-24-,37-33-,38-34-,39-35-,44-41-,45-36-,52-48-,64-60-. The number of phosphoric acid groups is 2. The summed E-state index contributed by atoms with van der Waals surface area (Å²) in [6.07, 6.45) is 94.7. The molecule has 0 aliphatic carbocycles. The lowest BCUT2D eigenvalue weighted by molar-refractivity contribution is -0.161. The molecule has 3 N–H and O–H groups in total. The molecule has 0 spiro atoms. The zero-order valence-corrected chi connectivity index (χ0v) is 69.0. The Hall–Kier alpha value is -5.58. The first-order chi connectivity index (χ1) is 52.7. The number of ether oxygens (including phenoxy) is 4. The Morgan fingerprint density at radius 1 is 0.269 bits per heavy atom. The highest BCUT2D eigenvalue weighted by Gasteiger charge is 2.30. The number of carbonyl (C=O) groups is 4. The summed E-state index contributed by atoms with van der Waals surface area (Å²) >= 11 is 0. The average molecular weight is 1550 g/mol. The van der Waals surface area contributed by atoms with Crippen molar-refractivity contribution in [3.8, 4) is 0 Å². The third-order valence-corrected chi connectivity index (χ3v) is 18.6. The van der Waals surface area contributed by atoms with Gasteiger partial charge >= 0.3 is 39.5 Å². The number of phosphoric ester groups is 2. The average Bonchev–Trinajstić information content (AvgIpc) is 0.900. The maximum absolute atomic E-state index is 13.1. The van der Waals surface area contributed by atoms with Crippen LogP contribution in [0.4, 0.5) is 0 Å². The van der Waals surface area contributed by atoms with Crippen LogP contribution in [0.1, 0.15) is 310 Å². The van der Waals surface area contributed by atoms with E-state index in [4.69, 9.17) is 37.0 Å². The molecule has 0 amide bonds. The molecular formula is C89H146O17P2. The van der Waals surface area contributed by atoms with E-state index in [0.29, 0.717) is 32.1 Å². The van der Waals surface area contributed by atoms with E-state index in [2.05, 4.69) is 186 Å². The van der Waals surface area contributed by atoms with Gasteiger partial charge in [-0.05, 0) is 167 Å². The minimum atomic E-state index is -5.01. The first kappa shape index (κ1) is 102. The Balaban J connectivity index is 5.46. The molecule has 0 rings (SSSR count). The Morgan fingerprint density at radius 3 is 0.778 bits per heavy atom. The number of hydrogen-bond donors (Lipinski definition) is 3. The van der Waals surface area contributed by atoms with E-state index >= 15 is 0 Å². The summed E-state index contributed by atoms with van der Waals surface area (Å²) in [7, 11) is -10.0. The molecule has 0 saturated carbocycles. The molecule has 19 heteroatoms. The minimum Gasteiger partial charge on any atom is -0.462 e. The van der Waals surface area contributed by atoms with Crippen molar-refractivity contribution in [1.29, 1.82) is 0 Å². The molecule has 17 nitrogen and oxygen atoms in total. The lowest BCUT2D eigenvalue weighted by Crippen LogP contribution is -2.30.